The molecular formula is C13H20O2. The maximum atomic E-state index is 9.21. The average molecular weight is 208 g/mol. The lowest BCUT2D eigenvalue weighted by Gasteiger charge is -2.25. The molecule has 1 aromatic carbocycles. The fourth-order valence-corrected chi connectivity index (χ4v) is 1.54. The fraction of sp³-hybridized carbons (Fsp3) is 0.538. The van der Waals surface area contributed by atoms with Crippen LogP contribution in [0.4, 0.5) is 0 Å². The Balaban J connectivity index is 2.61. The molecule has 0 saturated heterocycles. The summed E-state index contributed by atoms with van der Waals surface area (Å²) in [6.45, 7) is 4.11. The molecule has 15 heavy (non-hydrogen) atoms. The van der Waals surface area contributed by atoms with E-state index in [9.17, 15) is 5.11 Å². The molecule has 0 radical (unpaired) electrons. The van der Waals surface area contributed by atoms with Crippen molar-refractivity contribution in [2.24, 2.45) is 0 Å². The molecule has 0 aliphatic rings. The molecule has 0 heterocycles. The Morgan fingerprint density at radius 3 is 2.53 bits per heavy atom. The molecule has 1 rings (SSSR count). The van der Waals surface area contributed by atoms with Gasteiger partial charge in [0.1, 0.15) is 0 Å². The van der Waals surface area contributed by atoms with Gasteiger partial charge in [-0.2, -0.15) is 0 Å². The van der Waals surface area contributed by atoms with Crippen LogP contribution in [0.5, 0.6) is 0 Å². The second-order valence-electron chi connectivity index (χ2n) is 4.24. The van der Waals surface area contributed by atoms with E-state index in [1.807, 2.05) is 19.1 Å². The molecule has 0 bridgehead atoms. The first kappa shape index (κ1) is 12.2. The zero-order valence-electron chi connectivity index (χ0n) is 9.79. The highest BCUT2D eigenvalue weighted by molar-refractivity contribution is 5.25. The van der Waals surface area contributed by atoms with Gasteiger partial charge in [-0.05, 0) is 37.8 Å². The Hall–Kier alpha value is -0.860. The summed E-state index contributed by atoms with van der Waals surface area (Å²) in [5.74, 6) is 0. The summed E-state index contributed by atoms with van der Waals surface area (Å²) in [5.41, 5.74) is 2.21. The fourth-order valence-electron chi connectivity index (χ4n) is 1.54. The number of methoxy groups -OCH3 is 1. The molecular weight excluding hydrogens is 188 g/mol. The van der Waals surface area contributed by atoms with Crippen LogP contribution in [0.3, 0.4) is 0 Å². The predicted octanol–water partition coefficient (Wildman–Crippen LogP) is 2.33. The standard InChI is InChI=1S/C13H20O2/c1-11-6-4-5-7-12(11)8-9-13(2,10-14)15-3/h4-7,14H,8-10H2,1-3H3. The normalized spacial score (nSPS) is 14.9. The number of aryl methyl sites for hydroxylation is 2. The molecule has 0 amide bonds. The lowest BCUT2D eigenvalue weighted by molar-refractivity contribution is -0.0429. The third-order valence-electron chi connectivity index (χ3n) is 3.01. The molecule has 1 N–H and O–H groups in total. The summed E-state index contributed by atoms with van der Waals surface area (Å²) >= 11 is 0. The monoisotopic (exact) mass is 208 g/mol. The molecule has 1 aromatic rings. The van der Waals surface area contributed by atoms with Gasteiger partial charge in [0.2, 0.25) is 0 Å². The highest BCUT2D eigenvalue weighted by Gasteiger charge is 2.22. The van der Waals surface area contributed by atoms with E-state index in [1.165, 1.54) is 11.1 Å². The Morgan fingerprint density at radius 1 is 1.33 bits per heavy atom. The Morgan fingerprint density at radius 2 is 2.00 bits per heavy atom. The smallest absolute Gasteiger partial charge is 0.0883 e. The van der Waals surface area contributed by atoms with Crippen molar-refractivity contribution >= 4 is 0 Å². The molecule has 1 atom stereocenters. The van der Waals surface area contributed by atoms with Crippen LogP contribution < -0.4 is 0 Å². The molecule has 84 valence electrons. The molecule has 0 aliphatic heterocycles. The second kappa shape index (κ2) is 5.29. The molecule has 0 spiro atoms. The Bertz CT molecular complexity index is 303. The van der Waals surface area contributed by atoms with Crippen LogP contribution in [0, 0.1) is 6.92 Å². The van der Waals surface area contributed by atoms with Crippen LogP contribution in [0.25, 0.3) is 0 Å². The van der Waals surface area contributed by atoms with Gasteiger partial charge in [0.25, 0.3) is 0 Å². The number of hydrogen-bond donors (Lipinski definition) is 1. The van der Waals surface area contributed by atoms with Gasteiger partial charge < -0.3 is 9.84 Å². The SMILES string of the molecule is COC(C)(CO)CCc1ccccc1C. The predicted molar refractivity (Wildman–Crippen MR) is 62.0 cm³/mol. The van der Waals surface area contributed by atoms with E-state index in [1.54, 1.807) is 7.11 Å². The van der Waals surface area contributed by atoms with E-state index in [4.69, 9.17) is 4.74 Å². The lowest BCUT2D eigenvalue weighted by atomic mass is 9.95. The van der Waals surface area contributed by atoms with Crippen LogP contribution >= 0.6 is 0 Å². The van der Waals surface area contributed by atoms with Crippen LogP contribution in [0.15, 0.2) is 24.3 Å². The Kier molecular flexibility index (Phi) is 4.30. The topological polar surface area (TPSA) is 29.5 Å². The van der Waals surface area contributed by atoms with Crippen molar-refractivity contribution in [1.29, 1.82) is 0 Å². The van der Waals surface area contributed by atoms with Gasteiger partial charge in [0.05, 0.1) is 12.2 Å². The van der Waals surface area contributed by atoms with Crippen molar-refractivity contribution in [2.75, 3.05) is 13.7 Å². The Labute approximate surface area is 91.9 Å². The van der Waals surface area contributed by atoms with Crippen LogP contribution in [0.2, 0.25) is 0 Å². The van der Waals surface area contributed by atoms with Crippen LogP contribution in [-0.4, -0.2) is 24.4 Å². The minimum absolute atomic E-state index is 0.0649. The molecule has 0 aliphatic carbocycles. The largest absolute Gasteiger partial charge is 0.393 e. The third-order valence-corrected chi connectivity index (χ3v) is 3.01. The van der Waals surface area contributed by atoms with Gasteiger partial charge in [-0.25, -0.2) is 0 Å². The van der Waals surface area contributed by atoms with Gasteiger partial charge in [-0.1, -0.05) is 24.3 Å². The zero-order valence-corrected chi connectivity index (χ0v) is 9.79. The maximum Gasteiger partial charge on any atom is 0.0883 e. The van der Waals surface area contributed by atoms with E-state index >= 15 is 0 Å². The molecule has 0 aromatic heterocycles. The molecule has 2 nitrogen and oxygen atoms in total. The number of benzene rings is 1. The van der Waals surface area contributed by atoms with E-state index in [0.29, 0.717) is 0 Å². The first-order valence-corrected chi connectivity index (χ1v) is 5.32. The summed E-state index contributed by atoms with van der Waals surface area (Å²) in [6.07, 6.45) is 1.78. The van der Waals surface area contributed by atoms with Crippen LogP contribution in [0.1, 0.15) is 24.5 Å². The number of aliphatic hydroxyl groups excluding tert-OH is 1. The van der Waals surface area contributed by atoms with Crippen molar-refractivity contribution in [3.8, 4) is 0 Å². The first-order chi connectivity index (χ1) is 7.11. The summed E-state index contributed by atoms with van der Waals surface area (Å²) < 4.78 is 5.30. The van der Waals surface area contributed by atoms with Gasteiger partial charge >= 0.3 is 0 Å². The lowest BCUT2D eigenvalue weighted by Crippen LogP contribution is -2.32. The molecule has 2 heteroatoms. The van der Waals surface area contributed by atoms with Gasteiger partial charge in [0, 0.05) is 7.11 Å². The summed E-state index contributed by atoms with van der Waals surface area (Å²) in [7, 11) is 1.65. The second-order valence-corrected chi connectivity index (χ2v) is 4.24. The molecule has 0 fully saturated rings. The van der Waals surface area contributed by atoms with Crippen molar-refractivity contribution in [3.63, 3.8) is 0 Å². The first-order valence-electron chi connectivity index (χ1n) is 5.32. The minimum atomic E-state index is -0.414. The highest BCUT2D eigenvalue weighted by Crippen LogP contribution is 2.18. The zero-order chi connectivity index (χ0) is 11.3. The summed E-state index contributed by atoms with van der Waals surface area (Å²) in [5, 5.41) is 9.21. The molecule has 1 unspecified atom stereocenters. The summed E-state index contributed by atoms with van der Waals surface area (Å²) in [6, 6.07) is 8.33. The number of aliphatic hydroxyl groups is 1. The van der Waals surface area contributed by atoms with Gasteiger partial charge in [-0.15, -0.1) is 0 Å². The van der Waals surface area contributed by atoms with Crippen molar-refractivity contribution in [1.82, 2.24) is 0 Å². The average Bonchev–Trinajstić information content (AvgIpc) is 2.28. The summed E-state index contributed by atoms with van der Waals surface area (Å²) in [4.78, 5) is 0. The van der Waals surface area contributed by atoms with Gasteiger partial charge in [-0.3, -0.25) is 0 Å². The van der Waals surface area contributed by atoms with E-state index in [-0.39, 0.29) is 6.61 Å². The van der Waals surface area contributed by atoms with Crippen LogP contribution in [-0.2, 0) is 11.2 Å². The molecule has 0 saturated carbocycles. The number of ether oxygens (including phenoxy) is 1. The van der Waals surface area contributed by atoms with E-state index < -0.39 is 5.60 Å². The maximum absolute atomic E-state index is 9.21. The highest BCUT2D eigenvalue weighted by atomic mass is 16.5. The number of hydrogen-bond acceptors (Lipinski definition) is 2. The quantitative estimate of drug-likeness (QED) is 0.804. The van der Waals surface area contributed by atoms with Gasteiger partial charge in [0.15, 0.2) is 0 Å². The van der Waals surface area contributed by atoms with Crippen molar-refractivity contribution in [2.45, 2.75) is 32.3 Å². The van der Waals surface area contributed by atoms with E-state index in [2.05, 4.69) is 19.1 Å². The number of rotatable bonds is 5. The van der Waals surface area contributed by atoms with E-state index in [0.717, 1.165) is 12.8 Å². The minimum Gasteiger partial charge on any atom is -0.393 e. The van der Waals surface area contributed by atoms with Crippen molar-refractivity contribution in [3.05, 3.63) is 35.4 Å². The van der Waals surface area contributed by atoms with Crippen molar-refractivity contribution < 1.29 is 9.84 Å². The third kappa shape index (κ3) is 3.33.